The molecule has 1 aromatic rings. The van der Waals surface area contributed by atoms with Crippen LogP contribution in [0, 0.1) is 5.92 Å². The van der Waals surface area contributed by atoms with Crippen molar-refractivity contribution in [2.75, 3.05) is 26.7 Å². The molecule has 6 nitrogen and oxygen atoms in total. The van der Waals surface area contributed by atoms with Crippen molar-refractivity contribution < 1.29 is 19.1 Å². The third-order valence-corrected chi connectivity index (χ3v) is 4.30. The molecule has 6 heteroatoms. The van der Waals surface area contributed by atoms with Crippen LogP contribution in [0.5, 0.6) is 5.75 Å². The third-order valence-electron chi connectivity index (χ3n) is 4.30. The fourth-order valence-corrected chi connectivity index (χ4v) is 3.07. The van der Waals surface area contributed by atoms with Gasteiger partial charge in [0.25, 0.3) is 0 Å². The molecule has 1 saturated heterocycles. The fourth-order valence-electron chi connectivity index (χ4n) is 3.07. The molecule has 1 aromatic carbocycles. The van der Waals surface area contributed by atoms with Crippen LogP contribution in [-0.4, -0.2) is 49.2 Å². The Bertz CT molecular complexity index is 624. The second kappa shape index (κ2) is 8.92. The van der Waals surface area contributed by atoms with Gasteiger partial charge < -0.3 is 19.7 Å². The molecule has 0 aliphatic carbocycles. The lowest BCUT2D eigenvalue weighted by atomic mass is 9.97. The second-order valence-corrected chi connectivity index (χ2v) is 7.76. The first kappa shape index (κ1) is 20.1. The number of ether oxygens (including phenoxy) is 2. The molecule has 2 amide bonds. The second-order valence-electron chi connectivity index (χ2n) is 7.76. The van der Waals surface area contributed by atoms with E-state index >= 15 is 0 Å². The molecule has 1 aliphatic rings. The number of piperidine rings is 1. The van der Waals surface area contributed by atoms with E-state index < -0.39 is 11.7 Å². The molecule has 0 saturated carbocycles. The molecule has 0 radical (unpaired) electrons. The molecular formula is C20H30N2O4. The highest BCUT2D eigenvalue weighted by Gasteiger charge is 2.25. The maximum absolute atomic E-state index is 12.6. The zero-order valence-corrected chi connectivity index (χ0v) is 16.2. The van der Waals surface area contributed by atoms with E-state index in [1.807, 2.05) is 49.9 Å². The Labute approximate surface area is 155 Å². The van der Waals surface area contributed by atoms with Crippen molar-refractivity contribution in [2.45, 2.75) is 45.6 Å². The molecule has 0 spiro atoms. The van der Waals surface area contributed by atoms with Gasteiger partial charge >= 0.3 is 6.09 Å². The van der Waals surface area contributed by atoms with Gasteiger partial charge in [0.2, 0.25) is 5.91 Å². The van der Waals surface area contributed by atoms with Crippen molar-refractivity contribution in [1.82, 2.24) is 10.2 Å². The van der Waals surface area contributed by atoms with Crippen molar-refractivity contribution in [3.05, 3.63) is 29.8 Å². The summed E-state index contributed by atoms with van der Waals surface area (Å²) >= 11 is 0. The Kier molecular flexibility index (Phi) is 6.89. The summed E-state index contributed by atoms with van der Waals surface area (Å²) in [5.41, 5.74) is 0.443. The van der Waals surface area contributed by atoms with E-state index in [2.05, 4.69) is 5.32 Å². The van der Waals surface area contributed by atoms with Gasteiger partial charge in [0.05, 0.1) is 13.5 Å². The van der Waals surface area contributed by atoms with Crippen molar-refractivity contribution >= 4 is 12.0 Å². The van der Waals surface area contributed by atoms with E-state index in [0.717, 1.165) is 30.7 Å². The molecular weight excluding hydrogens is 332 g/mol. The number of carbonyl (C=O) groups is 2. The van der Waals surface area contributed by atoms with Crippen molar-refractivity contribution in [3.63, 3.8) is 0 Å². The van der Waals surface area contributed by atoms with Crippen molar-refractivity contribution in [3.8, 4) is 5.75 Å². The van der Waals surface area contributed by atoms with Crippen LogP contribution in [0.15, 0.2) is 24.3 Å². The molecule has 26 heavy (non-hydrogen) atoms. The Balaban J connectivity index is 1.83. The van der Waals surface area contributed by atoms with Gasteiger partial charge in [0.15, 0.2) is 0 Å². The van der Waals surface area contributed by atoms with E-state index in [1.54, 1.807) is 7.11 Å². The first-order valence-corrected chi connectivity index (χ1v) is 9.14. The highest BCUT2D eigenvalue weighted by atomic mass is 16.6. The molecule has 0 aromatic heterocycles. The minimum absolute atomic E-state index is 0.111. The molecule has 1 N–H and O–H groups in total. The quantitative estimate of drug-likeness (QED) is 0.874. The van der Waals surface area contributed by atoms with Crippen LogP contribution < -0.4 is 10.1 Å². The molecule has 2 rings (SSSR count). The number of nitrogens with one attached hydrogen (secondary N) is 1. The number of nitrogens with zero attached hydrogens (tertiary/aromatic N) is 1. The normalized spacial score (nSPS) is 17.5. The van der Waals surface area contributed by atoms with Gasteiger partial charge in [-0.3, -0.25) is 4.79 Å². The summed E-state index contributed by atoms with van der Waals surface area (Å²) in [6.07, 6.45) is 1.91. The number of likely N-dealkylation sites (tertiary alicyclic amines) is 1. The van der Waals surface area contributed by atoms with E-state index in [9.17, 15) is 9.59 Å². The fraction of sp³-hybridized carbons (Fsp3) is 0.600. The van der Waals surface area contributed by atoms with Gasteiger partial charge in [-0.15, -0.1) is 0 Å². The summed E-state index contributed by atoms with van der Waals surface area (Å²) in [7, 11) is 1.62. The van der Waals surface area contributed by atoms with Gasteiger partial charge in [0, 0.05) is 19.6 Å². The molecule has 1 aliphatic heterocycles. The van der Waals surface area contributed by atoms with Gasteiger partial charge in [-0.25, -0.2) is 4.79 Å². The predicted molar refractivity (Wildman–Crippen MR) is 100 cm³/mol. The molecule has 1 fully saturated rings. The zero-order chi connectivity index (χ0) is 19.2. The first-order valence-electron chi connectivity index (χ1n) is 9.14. The van der Waals surface area contributed by atoms with Crippen LogP contribution in [0.4, 0.5) is 4.79 Å². The Hall–Kier alpha value is -2.24. The average molecular weight is 362 g/mol. The number of hydrogen-bond acceptors (Lipinski definition) is 4. The number of amides is 2. The van der Waals surface area contributed by atoms with E-state index in [4.69, 9.17) is 9.47 Å². The largest absolute Gasteiger partial charge is 0.497 e. The summed E-state index contributed by atoms with van der Waals surface area (Å²) in [5.74, 6) is 1.12. The van der Waals surface area contributed by atoms with Crippen LogP contribution in [0.1, 0.15) is 39.2 Å². The molecule has 144 valence electrons. The topological polar surface area (TPSA) is 67.9 Å². The van der Waals surface area contributed by atoms with Crippen LogP contribution in [0.25, 0.3) is 0 Å². The van der Waals surface area contributed by atoms with Crippen LogP contribution in [-0.2, 0) is 16.0 Å². The minimum atomic E-state index is -0.505. The summed E-state index contributed by atoms with van der Waals surface area (Å²) in [5, 5.41) is 2.82. The number of carbonyl (C=O) groups excluding carboxylic acids is 2. The Morgan fingerprint density at radius 1 is 1.31 bits per heavy atom. The van der Waals surface area contributed by atoms with E-state index in [0.29, 0.717) is 19.5 Å². The van der Waals surface area contributed by atoms with Crippen LogP contribution in [0.3, 0.4) is 0 Å². The van der Waals surface area contributed by atoms with Crippen molar-refractivity contribution in [1.29, 1.82) is 0 Å². The summed E-state index contributed by atoms with van der Waals surface area (Å²) in [6, 6.07) is 7.59. The predicted octanol–water partition coefficient (Wildman–Crippen LogP) is 3.00. The lowest BCUT2D eigenvalue weighted by molar-refractivity contribution is -0.132. The Morgan fingerprint density at radius 3 is 2.77 bits per heavy atom. The van der Waals surface area contributed by atoms with Gasteiger partial charge in [-0.2, -0.15) is 0 Å². The number of hydrogen-bond donors (Lipinski definition) is 1. The third kappa shape index (κ3) is 6.58. The zero-order valence-electron chi connectivity index (χ0n) is 16.2. The SMILES string of the molecule is COc1cccc(CC(=O)N2CCCC(CNC(=O)OC(C)(C)C)C2)c1. The van der Waals surface area contributed by atoms with E-state index in [1.165, 1.54) is 0 Å². The number of benzene rings is 1. The van der Waals surface area contributed by atoms with Crippen molar-refractivity contribution in [2.24, 2.45) is 5.92 Å². The standard InChI is InChI=1S/C20H30N2O4/c1-20(2,3)26-19(24)21-13-16-8-6-10-22(14-16)18(23)12-15-7-5-9-17(11-15)25-4/h5,7,9,11,16H,6,8,10,12-14H2,1-4H3,(H,21,24). The lowest BCUT2D eigenvalue weighted by Crippen LogP contribution is -2.44. The molecule has 1 heterocycles. The average Bonchev–Trinajstić information content (AvgIpc) is 2.59. The van der Waals surface area contributed by atoms with Gasteiger partial charge in [0.1, 0.15) is 11.4 Å². The summed E-state index contributed by atoms with van der Waals surface area (Å²) in [4.78, 5) is 26.3. The lowest BCUT2D eigenvalue weighted by Gasteiger charge is -2.33. The van der Waals surface area contributed by atoms with Crippen LogP contribution >= 0.6 is 0 Å². The van der Waals surface area contributed by atoms with Gasteiger partial charge in [-0.05, 0) is 57.2 Å². The number of alkyl carbamates (subject to hydrolysis) is 1. The number of rotatable bonds is 5. The Morgan fingerprint density at radius 2 is 2.08 bits per heavy atom. The maximum Gasteiger partial charge on any atom is 0.407 e. The smallest absolute Gasteiger partial charge is 0.407 e. The summed E-state index contributed by atoms with van der Waals surface area (Å²) < 4.78 is 10.5. The molecule has 1 atom stereocenters. The number of methoxy groups -OCH3 is 1. The molecule has 1 unspecified atom stereocenters. The monoisotopic (exact) mass is 362 g/mol. The summed E-state index contributed by atoms with van der Waals surface area (Å²) in [6.45, 7) is 7.48. The van der Waals surface area contributed by atoms with Crippen LogP contribution in [0.2, 0.25) is 0 Å². The highest BCUT2D eigenvalue weighted by Crippen LogP contribution is 2.19. The minimum Gasteiger partial charge on any atom is -0.497 e. The molecule has 0 bridgehead atoms. The highest BCUT2D eigenvalue weighted by molar-refractivity contribution is 5.79. The first-order chi connectivity index (χ1) is 12.3. The van der Waals surface area contributed by atoms with E-state index in [-0.39, 0.29) is 11.8 Å². The maximum atomic E-state index is 12.6. The van der Waals surface area contributed by atoms with Gasteiger partial charge in [-0.1, -0.05) is 12.1 Å².